The van der Waals surface area contributed by atoms with E-state index in [-0.39, 0.29) is 17.9 Å². The molecule has 2 amide bonds. The molecule has 1 aliphatic carbocycles. The van der Waals surface area contributed by atoms with Crippen LogP contribution in [0.25, 0.3) is 0 Å². The molecule has 1 aliphatic heterocycles. The average molecular weight is 400 g/mol. The van der Waals surface area contributed by atoms with Crippen LogP contribution in [0.1, 0.15) is 61.4 Å². The van der Waals surface area contributed by atoms with Crippen LogP contribution in [-0.2, 0) is 4.79 Å². The lowest BCUT2D eigenvalue weighted by Crippen LogP contribution is -2.52. The smallest absolute Gasteiger partial charge is 0.257 e. The highest BCUT2D eigenvalue weighted by atomic mass is 32.2. The van der Waals surface area contributed by atoms with Crippen LogP contribution in [-0.4, -0.2) is 33.4 Å². The van der Waals surface area contributed by atoms with Crippen molar-refractivity contribution in [3.8, 4) is 0 Å². The van der Waals surface area contributed by atoms with Crippen LogP contribution in [0.5, 0.6) is 0 Å². The molecule has 28 heavy (non-hydrogen) atoms. The lowest BCUT2D eigenvalue weighted by molar-refractivity contribution is -0.125. The molecule has 1 saturated heterocycles. The van der Waals surface area contributed by atoms with Crippen molar-refractivity contribution in [1.29, 1.82) is 0 Å². The van der Waals surface area contributed by atoms with Gasteiger partial charge in [-0.3, -0.25) is 14.9 Å². The van der Waals surface area contributed by atoms with Crippen molar-refractivity contribution in [2.45, 2.75) is 56.3 Å². The molecule has 2 fully saturated rings. The van der Waals surface area contributed by atoms with Gasteiger partial charge in [-0.1, -0.05) is 19.1 Å². The molecule has 2 aromatic rings. The third-order valence-corrected chi connectivity index (χ3v) is 5.86. The van der Waals surface area contributed by atoms with Gasteiger partial charge < -0.3 is 10.6 Å². The van der Waals surface area contributed by atoms with E-state index in [4.69, 9.17) is 0 Å². The van der Waals surface area contributed by atoms with Crippen LogP contribution >= 0.6 is 11.8 Å². The van der Waals surface area contributed by atoms with Gasteiger partial charge >= 0.3 is 0 Å². The van der Waals surface area contributed by atoms with Gasteiger partial charge in [-0.25, -0.2) is 4.68 Å². The maximum atomic E-state index is 13.0. The summed E-state index contributed by atoms with van der Waals surface area (Å²) in [6.45, 7) is 4.03. The molecule has 0 radical (unpaired) electrons. The number of amides is 2. The molecule has 4 rings (SSSR count). The fourth-order valence-electron chi connectivity index (χ4n) is 3.39. The predicted molar refractivity (Wildman–Crippen MR) is 109 cm³/mol. The predicted octanol–water partition coefficient (Wildman–Crippen LogP) is 3.08. The molecular weight excluding hydrogens is 374 g/mol. The van der Waals surface area contributed by atoms with Crippen molar-refractivity contribution in [2.75, 3.05) is 11.1 Å². The minimum atomic E-state index is -0.473. The highest BCUT2D eigenvalue weighted by molar-refractivity contribution is 7.99. The Morgan fingerprint density at radius 3 is 2.86 bits per heavy atom. The highest BCUT2D eigenvalue weighted by Crippen LogP contribution is 2.40. The van der Waals surface area contributed by atoms with E-state index >= 15 is 0 Å². The summed E-state index contributed by atoms with van der Waals surface area (Å²) in [4.78, 5) is 25.9. The fraction of sp³-hybridized carbons (Fsp3) is 0.450. The molecule has 2 aliphatic rings. The Morgan fingerprint density at radius 1 is 1.36 bits per heavy atom. The third kappa shape index (κ3) is 4.07. The minimum absolute atomic E-state index is 0.0262. The molecule has 2 unspecified atom stereocenters. The Balaban J connectivity index is 1.62. The molecule has 0 bridgehead atoms. The molecule has 148 valence electrons. The Kier molecular flexibility index (Phi) is 5.41. The van der Waals surface area contributed by atoms with Gasteiger partial charge in [0.2, 0.25) is 5.91 Å². The average Bonchev–Trinajstić information content (AvgIpc) is 3.42. The van der Waals surface area contributed by atoms with E-state index in [2.05, 4.69) is 28.0 Å². The molecule has 3 N–H and O–H groups in total. The number of anilines is 1. The molecule has 7 nitrogen and oxygen atoms in total. The maximum absolute atomic E-state index is 13.0. The normalized spacial score (nSPS) is 22.0. The summed E-state index contributed by atoms with van der Waals surface area (Å²) in [5.74, 6) is 1.73. The minimum Gasteiger partial charge on any atom is -0.322 e. The van der Waals surface area contributed by atoms with E-state index < -0.39 is 6.29 Å². The summed E-state index contributed by atoms with van der Waals surface area (Å²) in [5, 5.41) is 14.0. The van der Waals surface area contributed by atoms with Crippen LogP contribution in [0.4, 0.5) is 5.82 Å². The largest absolute Gasteiger partial charge is 0.322 e. The van der Waals surface area contributed by atoms with Crippen molar-refractivity contribution in [3.63, 3.8) is 0 Å². The van der Waals surface area contributed by atoms with E-state index in [1.807, 2.05) is 37.3 Å². The summed E-state index contributed by atoms with van der Waals surface area (Å²) in [6, 6.07) is 9.56. The first kappa shape index (κ1) is 19.0. The van der Waals surface area contributed by atoms with Crippen LogP contribution in [0, 0.1) is 0 Å². The van der Waals surface area contributed by atoms with E-state index in [1.165, 1.54) is 0 Å². The zero-order valence-electron chi connectivity index (χ0n) is 16.1. The second kappa shape index (κ2) is 7.97. The Morgan fingerprint density at radius 2 is 2.14 bits per heavy atom. The van der Waals surface area contributed by atoms with Gasteiger partial charge in [0.05, 0.1) is 11.3 Å². The number of hydrogen-bond acceptors (Lipinski definition) is 5. The topological polar surface area (TPSA) is 88.1 Å². The van der Waals surface area contributed by atoms with Crippen molar-refractivity contribution >= 4 is 29.4 Å². The maximum Gasteiger partial charge on any atom is 0.257 e. The summed E-state index contributed by atoms with van der Waals surface area (Å²) in [5.41, 5.74) is 1.60. The number of thioether (sulfide) groups is 1. The second-order valence-electron chi connectivity index (χ2n) is 7.30. The Bertz CT molecular complexity index is 892. The molecule has 1 aromatic heterocycles. The number of nitrogens with zero attached hydrogens (tertiary/aromatic N) is 2. The third-order valence-electron chi connectivity index (χ3n) is 4.90. The zero-order chi connectivity index (χ0) is 19.7. The lowest BCUT2D eigenvalue weighted by Gasteiger charge is -2.30. The first-order valence-corrected chi connectivity index (χ1v) is 10.7. The van der Waals surface area contributed by atoms with Gasteiger partial charge in [0.15, 0.2) is 6.29 Å². The van der Waals surface area contributed by atoms with Crippen LogP contribution in [0.15, 0.2) is 35.2 Å². The van der Waals surface area contributed by atoms with Crippen molar-refractivity contribution in [1.82, 2.24) is 20.4 Å². The molecular formula is C20H25N5O2S. The number of nitrogens with one attached hydrogen (secondary N) is 3. The standard InChI is InChI=1S/C20H25N5O2S/c1-3-28-16-7-5-4-6-14(16)19(27)22-17-11-15(13-8-9-13)24-25(17)20-21-12(2)10-18(26)23-20/h4-7,11-13,20-21H,3,8-10H2,1-2H3,(H,22,27)(H,23,26). The van der Waals surface area contributed by atoms with E-state index in [9.17, 15) is 9.59 Å². The van der Waals surface area contributed by atoms with E-state index in [0.29, 0.717) is 23.7 Å². The second-order valence-corrected chi connectivity index (χ2v) is 8.60. The quantitative estimate of drug-likeness (QED) is 0.650. The first-order valence-electron chi connectivity index (χ1n) is 9.73. The molecule has 2 atom stereocenters. The van der Waals surface area contributed by atoms with Gasteiger partial charge in [-0.15, -0.1) is 11.8 Å². The van der Waals surface area contributed by atoms with Gasteiger partial charge in [0.25, 0.3) is 5.91 Å². The summed E-state index contributed by atoms with van der Waals surface area (Å²) in [7, 11) is 0. The summed E-state index contributed by atoms with van der Waals surface area (Å²) in [6.07, 6.45) is 2.18. The van der Waals surface area contributed by atoms with E-state index in [1.54, 1.807) is 16.4 Å². The molecule has 8 heteroatoms. The van der Waals surface area contributed by atoms with Crippen LogP contribution < -0.4 is 16.0 Å². The van der Waals surface area contributed by atoms with E-state index in [0.717, 1.165) is 29.2 Å². The number of carbonyl (C=O) groups is 2. The number of rotatable bonds is 6. The van der Waals surface area contributed by atoms with Crippen LogP contribution in [0.3, 0.4) is 0 Å². The van der Waals surface area contributed by atoms with Gasteiger partial charge in [-0.2, -0.15) is 5.10 Å². The molecule has 1 saturated carbocycles. The van der Waals surface area contributed by atoms with Gasteiger partial charge in [0, 0.05) is 29.3 Å². The Hall–Kier alpha value is -2.32. The fourth-order valence-corrected chi connectivity index (χ4v) is 4.19. The summed E-state index contributed by atoms with van der Waals surface area (Å²) >= 11 is 1.64. The highest BCUT2D eigenvalue weighted by Gasteiger charge is 2.31. The van der Waals surface area contributed by atoms with Crippen LogP contribution in [0.2, 0.25) is 0 Å². The Labute approximate surface area is 168 Å². The van der Waals surface area contributed by atoms with Crippen molar-refractivity contribution < 1.29 is 9.59 Å². The lowest BCUT2D eigenvalue weighted by atomic mass is 10.2. The van der Waals surface area contributed by atoms with Crippen molar-refractivity contribution in [2.24, 2.45) is 0 Å². The van der Waals surface area contributed by atoms with Crippen molar-refractivity contribution in [3.05, 3.63) is 41.6 Å². The van der Waals surface area contributed by atoms with Gasteiger partial charge in [-0.05, 0) is 37.7 Å². The molecule has 2 heterocycles. The summed E-state index contributed by atoms with van der Waals surface area (Å²) < 4.78 is 1.69. The number of hydrogen-bond donors (Lipinski definition) is 3. The SMILES string of the molecule is CCSc1ccccc1C(=O)Nc1cc(C2CC2)nn1C1NC(=O)CC(C)N1. The number of carbonyl (C=O) groups excluding carboxylic acids is 2. The molecule has 0 spiro atoms. The number of aromatic nitrogens is 2. The monoisotopic (exact) mass is 399 g/mol. The molecule has 1 aromatic carbocycles. The zero-order valence-corrected chi connectivity index (χ0v) is 16.9. The first-order chi connectivity index (χ1) is 13.5. The van der Waals surface area contributed by atoms with Gasteiger partial charge in [0.1, 0.15) is 5.82 Å². The number of benzene rings is 1.